The van der Waals surface area contributed by atoms with Crippen LogP contribution in [0.5, 0.6) is 11.5 Å². The summed E-state index contributed by atoms with van der Waals surface area (Å²) in [5, 5.41) is 11.5. The SMILES string of the molecule is CCOC(=O)C1=C(C)N=c2s/c(=C/c3ccc(-c4ccccc4[N+](=O)[O-])o3)c(=O)n2[C@H]1c1ccc(OC(C)=O)c(OC)c1. The zero-order valence-electron chi connectivity index (χ0n) is 23.5. The quantitative estimate of drug-likeness (QED) is 0.126. The third-order valence-corrected chi connectivity index (χ3v) is 7.52. The molecule has 0 N–H and O–H groups in total. The van der Waals surface area contributed by atoms with Gasteiger partial charge in [-0.25, -0.2) is 9.79 Å². The van der Waals surface area contributed by atoms with Gasteiger partial charge >= 0.3 is 11.9 Å². The van der Waals surface area contributed by atoms with Crippen molar-refractivity contribution in [2.45, 2.75) is 26.8 Å². The minimum absolute atomic E-state index is 0.111. The van der Waals surface area contributed by atoms with Gasteiger partial charge in [-0.15, -0.1) is 0 Å². The maximum Gasteiger partial charge on any atom is 0.338 e. The summed E-state index contributed by atoms with van der Waals surface area (Å²) in [6.07, 6.45) is 1.52. The Morgan fingerprint density at radius 3 is 2.63 bits per heavy atom. The summed E-state index contributed by atoms with van der Waals surface area (Å²) in [5.41, 5.74) is 0.772. The maximum absolute atomic E-state index is 13.9. The Balaban J connectivity index is 1.65. The number of para-hydroxylation sites is 1. The zero-order chi connectivity index (χ0) is 30.8. The minimum atomic E-state index is -0.933. The number of methoxy groups -OCH3 is 1. The summed E-state index contributed by atoms with van der Waals surface area (Å²) in [4.78, 5) is 54.5. The van der Waals surface area contributed by atoms with Gasteiger partial charge in [-0.05, 0) is 49.7 Å². The molecule has 0 saturated heterocycles. The number of carbonyl (C=O) groups excluding carboxylic acids is 2. The second-order valence-electron chi connectivity index (χ2n) is 9.28. The summed E-state index contributed by atoms with van der Waals surface area (Å²) >= 11 is 1.09. The van der Waals surface area contributed by atoms with Gasteiger partial charge in [-0.1, -0.05) is 29.5 Å². The number of rotatable bonds is 8. The molecule has 0 aliphatic carbocycles. The fourth-order valence-electron chi connectivity index (χ4n) is 4.75. The van der Waals surface area contributed by atoms with Gasteiger partial charge in [-0.2, -0.15) is 0 Å². The fraction of sp³-hybridized carbons (Fsp3) is 0.200. The number of ether oxygens (including phenoxy) is 3. The first-order chi connectivity index (χ1) is 20.6. The van der Waals surface area contributed by atoms with Gasteiger partial charge in [0.05, 0.1) is 46.0 Å². The summed E-state index contributed by atoms with van der Waals surface area (Å²) in [6.45, 7) is 4.71. The Bertz CT molecular complexity index is 1980. The van der Waals surface area contributed by atoms with Gasteiger partial charge in [0.2, 0.25) is 0 Å². The van der Waals surface area contributed by atoms with Crippen molar-refractivity contribution in [2.24, 2.45) is 4.99 Å². The molecule has 0 fully saturated rings. The first-order valence-electron chi connectivity index (χ1n) is 13.0. The number of carbonyl (C=O) groups is 2. The molecule has 3 heterocycles. The van der Waals surface area contributed by atoms with Gasteiger partial charge in [0.1, 0.15) is 11.5 Å². The van der Waals surface area contributed by atoms with Gasteiger partial charge < -0.3 is 18.6 Å². The normalized spacial score (nSPS) is 14.6. The van der Waals surface area contributed by atoms with Crippen molar-refractivity contribution in [3.05, 3.63) is 107 Å². The fourth-order valence-corrected chi connectivity index (χ4v) is 5.77. The van der Waals surface area contributed by atoms with Gasteiger partial charge in [0.25, 0.3) is 11.2 Å². The number of allylic oxidation sites excluding steroid dienone is 1. The number of nitro benzene ring substituents is 1. The summed E-state index contributed by atoms with van der Waals surface area (Å²) < 4.78 is 23.5. The van der Waals surface area contributed by atoms with Crippen LogP contribution in [0.3, 0.4) is 0 Å². The topological polar surface area (TPSA) is 152 Å². The van der Waals surface area contributed by atoms with Crippen molar-refractivity contribution in [2.75, 3.05) is 13.7 Å². The molecule has 220 valence electrons. The van der Waals surface area contributed by atoms with Crippen LogP contribution in [0, 0.1) is 10.1 Å². The van der Waals surface area contributed by atoms with E-state index in [0.717, 1.165) is 11.3 Å². The Kier molecular flexibility index (Phi) is 8.08. The lowest BCUT2D eigenvalue weighted by atomic mass is 9.95. The lowest BCUT2D eigenvalue weighted by Gasteiger charge is -2.25. The number of furan rings is 1. The third-order valence-electron chi connectivity index (χ3n) is 6.54. The highest BCUT2D eigenvalue weighted by molar-refractivity contribution is 7.07. The molecule has 0 radical (unpaired) electrons. The number of hydrogen-bond acceptors (Lipinski definition) is 11. The molecule has 1 atom stereocenters. The van der Waals surface area contributed by atoms with Crippen LogP contribution in [0.2, 0.25) is 0 Å². The average molecular weight is 604 g/mol. The highest BCUT2D eigenvalue weighted by Gasteiger charge is 2.34. The molecular weight excluding hydrogens is 578 g/mol. The molecule has 2 aromatic carbocycles. The molecule has 43 heavy (non-hydrogen) atoms. The smallest absolute Gasteiger partial charge is 0.338 e. The number of hydrogen-bond donors (Lipinski definition) is 0. The van der Waals surface area contributed by atoms with Crippen LogP contribution in [0.15, 0.2) is 80.1 Å². The molecule has 2 aromatic heterocycles. The molecule has 13 heteroatoms. The van der Waals surface area contributed by atoms with Crippen LogP contribution in [0.25, 0.3) is 17.4 Å². The lowest BCUT2D eigenvalue weighted by Crippen LogP contribution is -2.39. The van der Waals surface area contributed by atoms with Crippen molar-refractivity contribution < 1.29 is 33.1 Å². The van der Waals surface area contributed by atoms with Gasteiger partial charge in [0.15, 0.2) is 16.3 Å². The summed E-state index contributed by atoms with van der Waals surface area (Å²) in [5.74, 6) is -0.202. The number of nitro groups is 1. The Morgan fingerprint density at radius 2 is 1.93 bits per heavy atom. The molecule has 0 unspecified atom stereocenters. The van der Waals surface area contributed by atoms with Gasteiger partial charge in [0, 0.05) is 19.1 Å². The lowest BCUT2D eigenvalue weighted by molar-refractivity contribution is -0.384. The van der Waals surface area contributed by atoms with Crippen LogP contribution in [0.4, 0.5) is 5.69 Å². The van der Waals surface area contributed by atoms with Crippen molar-refractivity contribution in [1.29, 1.82) is 0 Å². The van der Waals surface area contributed by atoms with Crippen LogP contribution < -0.4 is 24.4 Å². The van der Waals surface area contributed by atoms with Crippen molar-refractivity contribution in [3.8, 4) is 22.8 Å². The van der Waals surface area contributed by atoms with E-state index in [4.69, 9.17) is 18.6 Å². The molecule has 1 aliphatic rings. The molecule has 1 aliphatic heterocycles. The zero-order valence-corrected chi connectivity index (χ0v) is 24.3. The molecular formula is C30H25N3O9S. The highest BCUT2D eigenvalue weighted by Crippen LogP contribution is 2.36. The standard InChI is InChI=1S/C30H25N3O9S/c1-5-40-29(36)26-16(2)31-30-32(27(26)18-10-12-23(41-17(3)34)24(14-18)39-4)28(35)25(43-30)15-19-11-13-22(42-19)20-8-6-7-9-21(20)33(37)38/h6-15,27H,5H2,1-4H3/b25-15+/t27-/m0/s1. The maximum atomic E-state index is 13.9. The Hall–Kier alpha value is -5.30. The number of benzene rings is 2. The summed E-state index contributed by atoms with van der Waals surface area (Å²) in [7, 11) is 1.41. The number of aromatic nitrogens is 1. The highest BCUT2D eigenvalue weighted by atomic mass is 32.1. The summed E-state index contributed by atoms with van der Waals surface area (Å²) in [6, 6.07) is 13.2. The Labute approximate surface area is 247 Å². The molecule has 0 saturated carbocycles. The Morgan fingerprint density at radius 1 is 1.16 bits per heavy atom. The molecule has 4 aromatic rings. The number of nitrogens with zero attached hydrogens (tertiary/aromatic N) is 3. The third kappa shape index (κ3) is 5.62. The predicted molar refractivity (Wildman–Crippen MR) is 156 cm³/mol. The van der Waals surface area contributed by atoms with Crippen LogP contribution >= 0.6 is 11.3 Å². The van der Waals surface area contributed by atoms with E-state index in [1.54, 1.807) is 56.3 Å². The minimum Gasteiger partial charge on any atom is -0.493 e. The van der Waals surface area contributed by atoms with E-state index in [9.17, 15) is 24.5 Å². The molecule has 12 nitrogen and oxygen atoms in total. The van der Waals surface area contributed by atoms with Crippen molar-refractivity contribution in [3.63, 3.8) is 0 Å². The number of esters is 2. The second-order valence-corrected chi connectivity index (χ2v) is 10.3. The largest absolute Gasteiger partial charge is 0.493 e. The van der Waals surface area contributed by atoms with E-state index in [2.05, 4.69) is 4.99 Å². The monoisotopic (exact) mass is 603 g/mol. The van der Waals surface area contributed by atoms with E-state index in [1.807, 2.05) is 0 Å². The average Bonchev–Trinajstić information content (AvgIpc) is 3.56. The second kappa shape index (κ2) is 11.9. The van der Waals surface area contributed by atoms with E-state index in [0.29, 0.717) is 27.4 Å². The van der Waals surface area contributed by atoms with Crippen LogP contribution in [0.1, 0.15) is 38.1 Å². The van der Waals surface area contributed by atoms with E-state index >= 15 is 0 Å². The van der Waals surface area contributed by atoms with E-state index in [-0.39, 0.29) is 39.7 Å². The van der Waals surface area contributed by atoms with Crippen molar-refractivity contribution in [1.82, 2.24) is 4.57 Å². The van der Waals surface area contributed by atoms with E-state index < -0.39 is 28.5 Å². The first-order valence-corrected chi connectivity index (χ1v) is 13.8. The predicted octanol–water partition coefficient (Wildman–Crippen LogP) is 3.90. The molecule has 0 spiro atoms. The van der Waals surface area contributed by atoms with E-state index in [1.165, 1.54) is 36.8 Å². The number of fused-ring (bicyclic) bond motifs is 1. The van der Waals surface area contributed by atoms with Crippen molar-refractivity contribution >= 4 is 35.0 Å². The number of thiazole rings is 1. The van der Waals surface area contributed by atoms with Crippen LogP contribution in [-0.2, 0) is 14.3 Å². The molecule has 0 amide bonds. The van der Waals surface area contributed by atoms with Gasteiger partial charge in [-0.3, -0.25) is 24.3 Å². The first kappa shape index (κ1) is 29.2. The molecule has 0 bridgehead atoms. The molecule has 5 rings (SSSR count). The van der Waals surface area contributed by atoms with Crippen LogP contribution in [-0.4, -0.2) is 35.1 Å².